The van der Waals surface area contributed by atoms with Crippen LogP contribution in [0.2, 0.25) is 0 Å². The van der Waals surface area contributed by atoms with Gasteiger partial charge in [0.25, 0.3) is 10.0 Å². The SMILES string of the molecule is COc1cc(NS(=O)(=O)c2ccc(CO)s2)c(Br)cc1Br. The number of nitrogens with one attached hydrogen (secondary N) is 1. The number of thiophene rings is 1. The molecule has 9 heteroatoms. The molecule has 0 bridgehead atoms. The molecule has 5 nitrogen and oxygen atoms in total. The monoisotopic (exact) mass is 455 g/mol. The summed E-state index contributed by atoms with van der Waals surface area (Å²) < 4.78 is 33.7. The summed E-state index contributed by atoms with van der Waals surface area (Å²) in [6.07, 6.45) is 0. The zero-order chi connectivity index (χ0) is 15.6. The summed E-state index contributed by atoms with van der Waals surface area (Å²) in [5, 5.41) is 9.02. The minimum Gasteiger partial charge on any atom is -0.495 e. The maximum absolute atomic E-state index is 12.3. The maximum atomic E-state index is 12.3. The standard InChI is InChI=1S/C12H11Br2NO4S2/c1-19-11-5-10(8(13)4-9(11)14)15-21(17,18)12-3-2-7(6-16)20-12/h2-5,15-16H,6H2,1H3. The third-order valence-corrected chi connectivity index (χ3v) is 6.75. The predicted octanol–water partition coefficient (Wildman–Crippen LogP) is 3.57. The molecule has 0 radical (unpaired) electrons. The first kappa shape index (κ1) is 16.8. The number of sulfonamides is 1. The third kappa shape index (κ3) is 3.78. The Bertz CT molecular complexity index is 759. The highest BCUT2D eigenvalue weighted by atomic mass is 79.9. The molecule has 0 aliphatic heterocycles. The Morgan fingerprint density at radius 2 is 2.00 bits per heavy atom. The number of anilines is 1. The van der Waals surface area contributed by atoms with E-state index < -0.39 is 10.0 Å². The second-order valence-corrected chi connectivity index (χ2v) is 8.74. The highest BCUT2D eigenvalue weighted by Gasteiger charge is 2.19. The molecular formula is C12H11Br2NO4S2. The molecule has 2 rings (SSSR count). The average Bonchev–Trinajstić information content (AvgIpc) is 2.91. The number of benzene rings is 1. The van der Waals surface area contributed by atoms with Crippen LogP contribution in [0.1, 0.15) is 4.88 Å². The molecule has 0 aliphatic rings. The highest BCUT2D eigenvalue weighted by molar-refractivity contribution is 9.11. The van der Waals surface area contributed by atoms with Gasteiger partial charge in [0.05, 0.1) is 23.9 Å². The number of aliphatic hydroxyl groups is 1. The minimum atomic E-state index is -3.71. The normalized spacial score (nSPS) is 11.4. The number of rotatable bonds is 5. The number of halogens is 2. The van der Waals surface area contributed by atoms with E-state index in [0.29, 0.717) is 25.3 Å². The second kappa shape index (κ2) is 6.66. The van der Waals surface area contributed by atoms with Crippen molar-refractivity contribution in [1.29, 1.82) is 0 Å². The first-order chi connectivity index (χ1) is 9.87. The number of hydrogen-bond acceptors (Lipinski definition) is 5. The van der Waals surface area contributed by atoms with Crippen molar-refractivity contribution in [2.24, 2.45) is 0 Å². The molecule has 0 saturated heterocycles. The number of hydrogen-bond donors (Lipinski definition) is 2. The molecule has 1 heterocycles. The van der Waals surface area contributed by atoms with Crippen LogP contribution in [0.25, 0.3) is 0 Å². The Morgan fingerprint density at radius 1 is 1.29 bits per heavy atom. The van der Waals surface area contributed by atoms with Gasteiger partial charge in [-0.15, -0.1) is 11.3 Å². The predicted molar refractivity (Wildman–Crippen MR) is 89.4 cm³/mol. The molecule has 1 aromatic carbocycles. The Kier molecular flexibility index (Phi) is 5.31. The van der Waals surface area contributed by atoms with Crippen LogP contribution < -0.4 is 9.46 Å². The molecule has 0 amide bonds. The summed E-state index contributed by atoms with van der Waals surface area (Å²) in [4.78, 5) is 0.586. The fraction of sp³-hybridized carbons (Fsp3) is 0.167. The Morgan fingerprint density at radius 3 is 2.57 bits per heavy atom. The molecule has 21 heavy (non-hydrogen) atoms. The number of methoxy groups -OCH3 is 1. The maximum Gasteiger partial charge on any atom is 0.271 e. The van der Waals surface area contributed by atoms with Crippen LogP contribution in [-0.4, -0.2) is 20.6 Å². The van der Waals surface area contributed by atoms with E-state index in [2.05, 4.69) is 36.6 Å². The second-order valence-electron chi connectivity index (χ2n) is 3.95. The van der Waals surface area contributed by atoms with Gasteiger partial charge in [0.2, 0.25) is 0 Å². The lowest BCUT2D eigenvalue weighted by Crippen LogP contribution is -2.12. The molecule has 1 aromatic heterocycles. The lowest BCUT2D eigenvalue weighted by atomic mass is 10.3. The molecule has 0 spiro atoms. The Hall–Kier alpha value is -0.610. The van der Waals surface area contributed by atoms with Crippen LogP contribution in [0.3, 0.4) is 0 Å². The number of ether oxygens (including phenoxy) is 1. The first-order valence-corrected chi connectivity index (χ1v) is 9.51. The molecule has 0 atom stereocenters. The van der Waals surface area contributed by atoms with Gasteiger partial charge in [0, 0.05) is 15.4 Å². The first-order valence-electron chi connectivity index (χ1n) is 5.63. The van der Waals surface area contributed by atoms with Crippen molar-refractivity contribution in [2.45, 2.75) is 10.8 Å². The molecular weight excluding hydrogens is 446 g/mol. The zero-order valence-corrected chi connectivity index (χ0v) is 15.6. The average molecular weight is 457 g/mol. The van der Waals surface area contributed by atoms with E-state index in [1.54, 1.807) is 18.2 Å². The van der Waals surface area contributed by atoms with Gasteiger partial charge >= 0.3 is 0 Å². The van der Waals surface area contributed by atoms with E-state index in [1.807, 2.05) is 0 Å². The summed E-state index contributed by atoms with van der Waals surface area (Å²) >= 11 is 7.65. The van der Waals surface area contributed by atoms with Gasteiger partial charge in [0.1, 0.15) is 9.96 Å². The number of aliphatic hydroxyl groups excluding tert-OH is 1. The molecule has 2 N–H and O–H groups in total. The van der Waals surface area contributed by atoms with Crippen LogP contribution in [0.5, 0.6) is 5.75 Å². The molecule has 114 valence electrons. The summed E-state index contributed by atoms with van der Waals surface area (Å²) in [5.74, 6) is 0.512. The quantitative estimate of drug-likeness (QED) is 0.720. The summed E-state index contributed by atoms with van der Waals surface area (Å²) in [7, 11) is -2.21. The van der Waals surface area contributed by atoms with E-state index in [1.165, 1.54) is 13.2 Å². The van der Waals surface area contributed by atoms with Crippen molar-refractivity contribution in [2.75, 3.05) is 11.8 Å². The lowest BCUT2D eigenvalue weighted by Gasteiger charge is -2.11. The van der Waals surface area contributed by atoms with Crippen molar-refractivity contribution in [3.8, 4) is 5.75 Å². The van der Waals surface area contributed by atoms with Crippen LogP contribution in [-0.2, 0) is 16.6 Å². The fourth-order valence-electron chi connectivity index (χ4n) is 1.55. The van der Waals surface area contributed by atoms with Gasteiger partial charge in [-0.05, 0) is 50.1 Å². The van der Waals surface area contributed by atoms with Crippen LogP contribution in [0, 0.1) is 0 Å². The minimum absolute atomic E-state index is 0.139. The molecule has 0 aliphatic carbocycles. The van der Waals surface area contributed by atoms with E-state index in [0.717, 1.165) is 11.3 Å². The van der Waals surface area contributed by atoms with E-state index in [4.69, 9.17) is 9.84 Å². The Balaban J connectivity index is 2.36. The van der Waals surface area contributed by atoms with Crippen LogP contribution >= 0.6 is 43.2 Å². The van der Waals surface area contributed by atoms with Crippen molar-refractivity contribution >= 4 is 58.9 Å². The van der Waals surface area contributed by atoms with Gasteiger partial charge in [-0.1, -0.05) is 0 Å². The van der Waals surface area contributed by atoms with E-state index in [-0.39, 0.29) is 10.8 Å². The zero-order valence-electron chi connectivity index (χ0n) is 10.8. The molecule has 0 saturated carbocycles. The summed E-state index contributed by atoms with van der Waals surface area (Å²) in [6, 6.07) is 6.32. The largest absolute Gasteiger partial charge is 0.495 e. The summed E-state index contributed by atoms with van der Waals surface area (Å²) in [6.45, 7) is -0.185. The van der Waals surface area contributed by atoms with Crippen molar-refractivity contribution in [1.82, 2.24) is 0 Å². The highest BCUT2D eigenvalue weighted by Crippen LogP contribution is 2.36. The molecule has 0 unspecified atom stereocenters. The van der Waals surface area contributed by atoms with Gasteiger partial charge in [-0.3, -0.25) is 4.72 Å². The van der Waals surface area contributed by atoms with Gasteiger partial charge in [-0.25, -0.2) is 8.42 Å². The van der Waals surface area contributed by atoms with Crippen molar-refractivity contribution < 1.29 is 18.3 Å². The van der Waals surface area contributed by atoms with Gasteiger partial charge in [-0.2, -0.15) is 0 Å². The van der Waals surface area contributed by atoms with Crippen LogP contribution in [0.4, 0.5) is 5.69 Å². The van der Waals surface area contributed by atoms with Gasteiger partial charge in [0.15, 0.2) is 0 Å². The third-order valence-electron chi connectivity index (χ3n) is 2.54. The van der Waals surface area contributed by atoms with Crippen molar-refractivity contribution in [3.05, 3.63) is 38.1 Å². The van der Waals surface area contributed by atoms with E-state index >= 15 is 0 Å². The molecule has 2 aromatic rings. The topological polar surface area (TPSA) is 75.6 Å². The Labute approximate surface area is 143 Å². The van der Waals surface area contributed by atoms with Gasteiger partial charge < -0.3 is 9.84 Å². The smallest absolute Gasteiger partial charge is 0.271 e. The molecule has 0 fully saturated rings. The lowest BCUT2D eigenvalue weighted by molar-refractivity contribution is 0.285. The summed E-state index contributed by atoms with van der Waals surface area (Å²) in [5.41, 5.74) is 0.369. The fourth-order valence-corrected chi connectivity index (χ4v) is 5.22. The van der Waals surface area contributed by atoms with Crippen molar-refractivity contribution in [3.63, 3.8) is 0 Å². The van der Waals surface area contributed by atoms with Crippen LogP contribution in [0.15, 0.2) is 37.4 Å². The van der Waals surface area contributed by atoms with E-state index in [9.17, 15) is 8.42 Å².